The molecule has 0 aliphatic rings. The Morgan fingerprint density at radius 3 is 2.53 bits per heavy atom. The van der Waals surface area contributed by atoms with Gasteiger partial charge in [-0.1, -0.05) is 72.4 Å². The molecule has 5 aromatic rings. The van der Waals surface area contributed by atoms with Crippen LogP contribution in [0.5, 0.6) is 0 Å². The van der Waals surface area contributed by atoms with Gasteiger partial charge < -0.3 is 9.88 Å². The molecule has 2 heterocycles. The zero-order chi connectivity index (χ0) is 23.5. The molecule has 6 nitrogen and oxygen atoms in total. The monoisotopic (exact) mass is 467 g/mol. The van der Waals surface area contributed by atoms with E-state index in [-0.39, 0.29) is 17.7 Å². The summed E-state index contributed by atoms with van der Waals surface area (Å²) in [5.74, 6) is 0.966. The minimum absolute atomic E-state index is 0.0785. The predicted octanol–water partition coefficient (Wildman–Crippen LogP) is 5.07. The summed E-state index contributed by atoms with van der Waals surface area (Å²) >= 11 is 1.42. The van der Waals surface area contributed by atoms with Crippen molar-refractivity contribution in [1.82, 2.24) is 24.4 Å². The number of aryl methyl sites for hydroxylation is 2. The van der Waals surface area contributed by atoms with Gasteiger partial charge in [0.25, 0.3) is 0 Å². The van der Waals surface area contributed by atoms with Crippen LogP contribution in [0.3, 0.4) is 0 Å². The lowest BCUT2D eigenvalue weighted by Crippen LogP contribution is -2.32. The first-order valence-corrected chi connectivity index (χ1v) is 12.1. The van der Waals surface area contributed by atoms with Crippen LogP contribution in [0, 0.1) is 6.92 Å². The molecule has 0 spiro atoms. The van der Waals surface area contributed by atoms with Gasteiger partial charge in [0.1, 0.15) is 11.9 Å². The molecule has 0 aliphatic carbocycles. The highest BCUT2D eigenvalue weighted by molar-refractivity contribution is 7.99. The Kier molecular flexibility index (Phi) is 6.18. The van der Waals surface area contributed by atoms with Crippen LogP contribution in [0.15, 0.2) is 96.4 Å². The number of nitrogens with one attached hydrogen (secondary N) is 1. The maximum atomic E-state index is 13.1. The average molecular weight is 468 g/mol. The van der Waals surface area contributed by atoms with Crippen LogP contribution in [0.2, 0.25) is 0 Å². The summed E-state index contributed by atoms with van der Waals surface area (Å²) in [6.45, 7) is 2.07. The Morgan fingerprint density at radius 1 is 1.00 bits per heavy atom. The Bertz CT molecular complexity index is 1440. The lowest BCUT2D eigenvalue weighted by Gasteiger charge is -2.19. The van der Waals surface area contributed by atoms with Gasteiger partial charge in [-0.2, -0.15) is 0 Å². The zero-order valence-electron chi connectivity index (χ0n) is 19.1. The van der Waals surface area contributed by atoms with Gasteiger partial charge in [0.15, 0.2) is 5.16 Å². The van der Waals surface area contributed by atoms with Gasteiger partial charge in [-0.05, 0) is 36.2 Å². The third-order valence-electron chi connectivity index (χ3n) is 5.83. The van der Waals surface area contributed by atoms with E-state index in [4.69, 9.17) is 4.98 Å². The van der Waals surface area contributed by atoms with Crippen molar-refractivity contribution in [2.75, 3.05) is 5.75 Å². The second kappa shape index (κ2) is 9.57. The minimum Gasteiger partial charge on any atom is -0.341 e. The second-order valence-corrected chi connectivity index (χ2v) is 9.03. The number of imidazole rings is 2. The fraction of sp³-hybridized carbons (Fsp3) is 0.148. The van der Waals surface area contributed by atoms with E-state index in [9.17, 15) is 4.79 Å². The zero-order valence-corrected chi connectivity index (χ0v) is 19.9. The van der Waals surface area contributed by atoms with E-state index < -0.39 is 0 Å². The number of para-hydroxylation sites is 3. The maximum Gasteiger partial charge on any atom is 0.231 e. The van der Waals surface area contributed by atoms with E-state index in [1.54, 1.807) is 6.20 Å². The Balaban J connectivity index is 1.38. The number of rotatable bonds is 7. The molecule has 34 heavy (non-hydrogen) atoms. The molecule has 170 valence electrons. The third kappa shape index (κ3) is 4.34. The number of nitrogens with zero attached hydrogens (tertiary/aromatic N) is 4. The Morgan fingerprint density at radius 2 is 1.74 bits per heavy atom. The van der Waals surface area contributed by atoms with Gasteiger partial charge >= 0.3 is 0 Å². The number of thioether (sulfide) groups is 1. The molecule has 7 heteroatoms. The number of benzene rings is 3. The van der Waals surface area contributed by atoms with Crippen LogP contribution >= 0.6 is 11.8 Å². The molecule has 1 amide bonds. The molecular weight excluding hydrogens is 442 g/mol. The van der Waals surface area contributed by atoms with Crippen LogP contribution in [0.1, 0.15) is 23.0 Å². The van der Waals surface area contributed by atoms with E-state index in [2.05, 4.69) is 29.4 Å². The summed E-state index contributed by atoms with van der Waals surface area (Å²) < 4.78 is 4.07. The molecular formula is C27H25N5OS. The second-order valence-electron chi connectivity index (χ2n) is 8.08. The number of carbonyl (C=O) groups is 1. The van der Waals surface area contributed by atoms with Crippen molar-refractivity contribution in [3.05, 3.63) is 108 Å². The summed E-state index contributed by atoms with van der Waals surface area (Å²) in [6, 6.07) is 25.7. The molecule has 1 N–H and O–H groups in total. The molecule has 1 unspecified atom stereocenters. The molecule has 1 atom stereocenters. The minimum atomic E-state index is -0.359. The summed E-state index contributed by atoms with van der Waals surface area (Å²) in [5, 5.41) is 3.99. The first kappa shape index (κ1) is 22.0. The number of amides is 1. The van der Waals surface area contributed by atoms with Crippen molar-refractivity contribution in [3.63, 3.8) is 0 Å². The normalized spacial score (nSPS) is 12.1. The summed E-state index contributed by atoms with van der Waals surface area (Å²) in [4.78, 5) is 22.4. The first-order valence-electron chi connectivity index (χ1n) is 11.1. The fourth-order valence-corrected chi connectivity index (χ4v) is 4.89. The van der Waals surface area contributed by atoms with Gasteiger partial charge in [-0.25, -0.2) is 9.97 Å². The molecule has 2 aromatic heterocycles. The number of hydrogen-bond donors (Lipinski definition) is 1. The maximum absolute atomic E-state index is 13.1. The number of carbonyl (C=O) groups excluding carboxylic acids is 1. The topological polar surface area (TPSA) is 64.7 Å². The third-order valence-corrected chi connectivity index (χ3v) is 6.80. The van der Waals surface area contributed by atoms with Gasteiger partial charge in [-0.15, -0.1) is 0 Å². The van der Waals surface area contributed by atoms with Crippen molar-refractivity contribution >= 4 is 28.7 Å². The highest BCUT2D eigenvalue weighted by Crippen LogP contribution is 2.26. The van der Waals surface area contributed by atoms with Gasteiger partial charge in [0.2, 0.25) is 5.91 Å². The highest BCUT2D eigenvalue weighted by atomic mass is 32.2. The molecule has 0 fully saturated rings. The smallest absolute Gasteiger partial charge is 0.231 e. The van der Waals surface area contributed by atoms with Crippen LogP contribution in [-0.2, 0) is 11.8 Å². The van der Waals surface area contributed by atoms with E-state index >= 15 is 0 Å². The fourth-order valence-electron chi connectivity index (χ4n) is 4.11. The highest BCUT2D eigenvalue weighted by Gasteiger charge is 2.23. The van der Waals surface area contributed by atoms with E-state index in [0.29, 0.717) is 0 Å². The molecule has 3 aromatic carbocycles. The van der Waals surface area contributed by atoms with Gasteiger partial charge in [0, 0.05) is 19.4 Å². The predicted molar refractivity (Wildman–Crippen MR) is 136 cm³/mol. The van der Waals surface area contributed by atoms with Crippen LogP contribution < -0.4 is 5.32 Å². The largest absolute Gasteiger partial charge is 0.341 e. The van der Waals surface area contributed by atoms with Crippen LogP contribution in [0.25, 0.3) is 16.7 Å². The van der Waals surface area contributed by atoms with E-state index in [1.165, 1.54) is 11.8 Å². The molecule has 0 saturated carbocycles. The molecule has 5 rings (SSSR count). The first-order chi connectivity index (χ1) is 16.6. The Labute approximate surface area is 202 Å². The van der Waals surface area contributed by atoms with Crippen molar-refractivity contribution in [3.8, 4) is 5.69 Å². The number of hydrogen-bond acceptors (Lipinski definition) is 4. The summed E-state index contributed by atoms with van der Waals surface area (Å²) in [7, 11) is 1.99. The van der Waals surface area contributed by atoms with Gasteiger partial charge in [0.05, 0.1) is 22.5 Å². The standard InChI is InChI=1S/C27H25N5OS/c1-19-10-6-8-14-22(19)32-17-16-28-27(32)34-18-24(33)30-25(20-11-4-3-5-12-20)26-29-21-13-7-9-15-23(21)31(26)2/h3-17,25H,18H2,1-2H3,(H,30,33). The molecule has 0 radical (unpaired) electrons. The number of fused-ring (bicyclic) bond motifs is 1. The van der Waals surface area contributed by atoms with Crippen molar-refractivity contribution in [2.24, 2.45) is 7.05 Å². The SMILES string of the molecule is Cc1ccccc1-n1ccnc1SCC(=O)NC(c1ccccc1)c1nc2ccccc2n1C. The molecule has 0 aliphatic heterocycles. The number of aromatic nitrogens is 4. The van der Waals surface area contributed by atoms with E-state index in [0.717, 1.165) is 38.8 Å². The van der Waals surface area contributed by atoms with Crippen LogP contribution in [0.4, 0.5) is 0 Å². The quantitative estimate of drug-likeness (QED) is 0.340. The van der Waals surface area contributed by atoms with Crippen LogP contribution in [-0.4, -0.2) is 30.8 Å². The van der Waals surface area contributed by atoms with Gasteiger partial charge in [-0.3, -0.25) is 9.36 Å². The van der Waals surface area contributed by atoms with Crippen molar-refractivity contribution in [1.29, 1.82) is 0 Å². The van der Waals surface area contributed by atoms with Crippen molar-refractivity contribution < 1.29 is 4.79 Å². The van der Waals surface area contributed by atoms with E-state index in [1.807, 2.05) is 89.1 Å². The van der Waals surface area contributed by atoms with Crippen molar-refractivity contribution in [2.45, 2.75) is 18.1 Å². The lowest BCUT2D eigenvalue weighted by atomic mass is 10.1. The Hall–Kier alpha value is -3.84. The molecule has 0 saturated heterocycles. The summed E-state index contributed by atoms with van der Waals surface area (Å²) in [5.41, 5.74) is 5.13. The average Bonchev–Trinajstić information content (AvgIpc) is 3.47. The lowest BCUT2D eigenvalue weighted by molar-refractivity contribution is -0.119. The molecule has 0 bridgehead atoms. The summed E-state index contributed by atoms with van der Waals surface area (Å²) in [6.07, 6.45) is 3.69.